The third-order valence-electron chi connectivity index (χ3n) is 6.44. The van der Waals surface area contributed by atoms with Crippen molar-refractivity contribution < 1.29 is 27.8 Å². The summed E-state index contributed by atoms with van der Waals surface area (Å²) in [5.74, 6) is -3.34. The minimum atomic E-state index is -1.45. The topological polar surface area (TPSA) is 114 Å². The Bertz CT molecular complexity index is 1450. The molecule has 1 aromatic carbocycles. The Balaban J connectivity index is 1.75. The number of pyridine rings is 2. The van der Waals surface area contributed by atoms with Crippen LogP contribution in [0.3, 0.4) is 0 Å². The van der Waals surface area contributed by atoms with Crippen molar-refractivity contribution in [1.82, 2.24) is 9.55 Å². The second-order valence-electron chi connectivity index (χ2n) is 8.66. The molecule has 0 bridgehead atoms. The van der Waals surface area contributed by atoms with E-state index >= 15 is 0 Å². The highest BCUT2D eigenvalue weighted by atomic mass is 19.2. The minimum absolute atomic E-state index is 0.158. The number of nitrogens with two attached hydrogens (primary N) is 1. The molecule has 10 heteroatoms. The van der Waals surface area contributed by atoms with E-state index in [0.717, 1.165) is 12.1 Å². The Hall–Kier alpha value is -3.66. The van der Waals surface area contributed by atoms with Gasteiger partial charge in [-0.05, 0) is 31.5 Å². The first kappa shape index (κ1) is 22.1. The van der Waals surface area contributed by atoms with Crippen LogP contribution in [0.15, 0.2) is 29.1 Å². The summed E-state index contributed by atoms with van der Waals surface area (Å²) in [4.78, 5) is 42.9. The number of hydrogen-bond acceptors (Lipinski definition) is 7. The van der Waals surface area contributed by atoms with E-state index in [9.17, 15) is 23.2 Å². The van der Waals surface area contributed by atoms with Crippen molar-refractivity contribution in [2.45, 2.75) is 51.5 Å². The van der Waals surface area contributed by atoms with Gasteiger partial charge >= 0.3 is 11.9 Å². The molecule has 2 aromatic heterocycles. The molecule has 34 heavy (non-hydrogen) atoms. The number of halogens is 2. The van der Waals surface area contributed by atoms with Crippen LogP contribution in [0, 0.1) is 11.6 Å². The third-order valence-corrected chi connectivity index (χ3v) is 6.44. The number of esters is 2. The van der Waals surface area contributed by atoms with Gasteiger partial charge in [-0.15, -0.1) is 0 Å². The summed E-state index contributed by atoms with van der Waals surface area (Å²) in [6.45, 7) is 3.09. The van der Waals surface area contributed by atoms with E-state index < -0.39 is 40.8 Å². The second-order valence-corrected chi connectivity index (χ2v) is 8.66. The molecular weight excluding hydrogens is 448 g/mol. The first-order chi connectivity index (χ1) is 16.1. The molecule has 0 fully saturated rings. The van der Waals surface area contributed by atoms with Gasteiger partial charge in [0.1, 0.15) is 18.2 Å². The number of fused-ring (bicyclic) bond motifs is 5. The molecule has 2 unspecified atom stereocenters. The predicted molar refractivity (Wildman–Crippen MR) is 117 cm³/mol. The number of ether oxygens (including phenoxy) is 2. The summed E-state index contributed by atoms with van der Waals surface area (Å²) in [7, 11) is 0. The van der Waals surface area contributed by atoms with Crippen molar-refractivity contribution in [1.29, 1.82) is 0 Å². The van der Waals surface area contributed by atoms with Gasteiger partial charge in [0, 0.05) is 22.6 Å². The Labute approximate surface area is 192 Å². The number of carbonyl (C=O) groups excluding carboxylic acids is 2. The number of hydrogen-bond donors (Lipinski definition) is 1. The average Bonchev–Trinajstić information content (AvgIpc) is 3.07. The van der Waals surface area contributed by atoms with Crippen molar-refractivity contribution in [3.63, 3.8) is 0 Å². The molecular formula is C24H21F2N3O5. The summed E-state index contributed by atoms with van der Waals surface area (Å²) < 4.78 is 40.0. The lowest BCUT2D eigenvalue weighted by Crippen LogP contribution is -2.41. The fourth-order valence-corrected chi connectivity index (χ4v) is 4.61. The number of cyclic esters (lactones) is 1. The van der Waals surface area contributed by atoms with E-state index in [1.54, 1.807) is 19.1 Å². The number of carbonyl (C=O) groups is 2. The maximum atomic E-state index is 13.8. The standard InChI is InChI=1S/C24H21F2N3O5/c1-3-24(34-23(32)11(2)27)8-20(30)33-10-14-15(24)6-19-21-13(9-29(19)22(14)31)4-12-5-16(25)17(26)7-18(12)28-21/h4-7,11H,3,8-10,27H2,1-2H3. The minimum Gasteiger partial charge on any atom is -0.460 e. The van der Waals surface area contributed by atoms with Crippen molar-refractivity contribution in [3.8, 4) is 11.4 Å². The molecule has 8 nitrogen and oxygen atoms in total. The maximum absolute atomic E-state index is 13.8. The molecule has 0 aliphatic carbocycles. The van der Waals surface area contributed by atoms with Gasteiger partial charge < -0.3 is 19.8 Å². The van der Waals surface area contributed by atoms with Crippen molar-refractivity contribution in [3.05, 3.63) is 62.9 Å². The highest BCUT2D eigenvalue weighted by Crippen LogP contribution is 2.41. The lowest BCUT2D eigenvalue weighted by atomic mass is 9.85. The maximum Gasteiger partial charge on any atom is 0.323 e. The summed E-state index contributed by atoms with van der Waals surface area (Å²) in [6.07, 6.45) is -0.0840. The van der Waals surface area contributed by atoms with Crippen LogP contribution in [0.25, 0.3) is 22.3 Å². The smallest absolute Gasteiger partial charge is 0.323 e. The number of rotatable bonds is 3. The average molecular weight is 469 g/mol. The molecule has 5 rings (SSSR count). The van der Waals surface area contributed by atoms with Crippen LogP contribution in [0.4, 0.5) is 8.78 Å². The van der Waals surface area contributed by atoms with Crippen LogP contribution in [0.2, 0.25) is 0 Å². The summed E-state index contributed by atoms with van der Waals surface area (Å²) in [5.41, 5.74) is 6.12. The van der Waals surface area contributed by atoms with Crippen LogP contribution in [0.5, 0.6) is 0 Å². The van der Waals surface area contributed by atoms with Crippen molar-refractivity contribution in [2.24, 2.45) is 5.73 Å². The van der Waals surface area contributed by atoms with Gasteiger partial charge in [-0.1, -0.05) is 6.92 Å². The van der Waals surface area contributed by atoms with E-state index in [0.29, 0.717) is 27.9 Å². The molecule has 2 atom stereocenters. The van der Waals surface area contributed by atoms with Crippen LogP contribution < -0.4 is 11.3 Å². The fourth-order valence-electron chi connectivity index (χ4n) is 4.61. The van der Waals surface area contributed by atoms with Gasteiger partial charge in [-0.25, -0.2) is 13.8 Å². The predicted octanol–water partition coefficient (Wildman–Crippen LogP) is 2.65. The van der Waals surface area contributed by atoms with Gasteiger partial charge in [0.25, 0.3) is 5.56 Å². The Morgan fingerprint density at radius 3 is 2.71 bits per heavy atom. The first-order valence-electron chi connectivity index (χ1n) is 10.8. The normalized spacial score (nSPS) is 19.6. The van der Waals surface area contributed by atoms with Gasteiger partial charge in [0.2, 0.25) is 0 Å². The quantitative estimate of drug-likeness (QED) is 0.459. The molecule has 2 aliphatic heterocycles. The van der Waals surface area contributed by atoms with Crippen molar-refractivity contribution in [2.75, 3.05) is 0 Å². The first-order valence-corrected chi connectivity index (χ1v) is 10.8. The molecule has 0 amide bonds. The van der Waals surface area contributed by atoms with Gasteiger partial charge in [-0.2, -0.15) is 0 Å². The second kappa shape index (κ2) is 7.69. The van der Waals surface area contributed by atoms with E-state index in [2.05, 4.69) is 4.98 Å². The Morgan fingerprint density at radius 1 is 1.26 bits per heavy atom. The van der Waals surface area contributed by atoms with Crippen LogP contribution in [0.1, 0.15) is 43.4 Å². The summed E-state index contributed by atoms with van der Waals surface area (Å²) >= 11 is 0. The van der Waals surface area contributed by atoms with E-state index in [-0.39, 0.29) is 37.1 Å². The van der Waals surface area contributed by atoms with Crippen LogP contribution in [-0.2, 0) is 37.8 Å². The molecule has 4 heterocycles. The molecule has 0 saturated carbocycles. The molecule has 0 radical (unpaired) electrons. The SMILES string of the molecule is CCC1(OC(=O)C(C)N)CC(=O)OCc2c1cc1n(c2=O)Cc2cc3cc(F)c(F)cc3nc2-1. The number of aromatic nitrogens is 2. The zero-order valence-corrected chi connectivity index (χ0v) is 18.5. The fraction of sp³-hybridized carbons (Fsp3) is 0.333. The lowest BCUT2D eigenvalue weighted by Gasteiger charge is -2.32. The van der Waals surface area contributed by atoms with Crippen LogP contribution in [-0.4, -0.2) is 27.5 Å². The van der Waals surface area contributed by atoms with E-state index in [1.165, 1.54) is 11.5 Å². The van der Waals surface area contributed by atoms with Crippen molar-refractivity contribution >= 4 is 22.8 Å². The van der Waals surface area contributed by atoms with Gasteiger partial charge in [0.15, 0.2) is 11.6 Å². The molecule has 0 spiro atoms. The molecule has 2 N–H and O–H groups in total. The monoisotopic (exact) mass is 469 g/mol. The largest absolute Gasteiger partial charge is 0.460 e. The highest BCUT2D eigenvalue weighted by Gasteiger charge is 2.44. The highest BCUT2D eigenvalue weighted by molar-refractivity contribution is 5.84. The summed E-state index contributed by atoms with van der Waals surface area (Å²) in [5, 5.41) is 0.405. The summed E-state index contributed by atoms with van der Waals surface area (Å²) in [6, 6.07) is 4.46. The zero-order valence-electron chi connectivity index (χ0n) is 18.5. The molecule has 0 saturated heterocycles. The van der Waals surface area contributed by atoms with Gasteiger partial charge in [-0.3, -0.25) is 14.4 Å². The van der Waals surface area contributed by atoms with E-state index in [1.807, 2.05) is 0 Å². The number of nitrogens with zero attached hydrogens (tertiary/aromatic N) is 2. The molecule has 3 aromatic rings. The Kier molecular flexibility index (Phi) is 5.01. The zero-order chi connectivity index (χ0) is 24.4. The Morgan fingerprint density at radius 2 is 2.00 bits per heavy atom. The molecule has 2 aliphatic rings. The third kappa shape index (κ3) is 3.28. The van der Waals surface area contributed by atoms with Crippen LogP contribution >= 0.6 is 0 Å². The van der Waals surface area contributed by atoms with E-state index in [4.69, 9.17) is 15.2 Å². The van der Waals surface area contributed by atoms with Gasteiger partial charge in [0.05, 0.1) is 35.4 Å². The lowest BCUT2D eigenvalue weighted by molar-refractivity contribution is -0.168. The number of benzene rings is 1. The molecule has 176 valence electrons.